The minimum absolute atomic E-state index is 0.180. The van der Waals surface area contributed by atoms with Gasteiger partial charge in [-0.1, -0.05) is 15.9 Å². The van der Waals surface area contributed by atoms with Gasteiger partial charge in [0.1, 0.15) is 5.75 Å². The fraction of sp³-hybridized carbons (Fsp3) is 0.308. The van der Waals surface area contributed by atoms with Crippen LogP contribution in [0.15, 0.2) is 28.9 Å². The summed E-state index contributed by atoms with van der Waals surface area (Å²) in [4.78, 5) is 0. The molecular weight excluding hydrogens is 332 g/mol. The number of rotatable bonds is 6. The van der Waals surface area contributed by atoms with Gasteiger partial charge in [0, 0.05) is 34.4 Å². The molecule has 0 atom stereocenters. The molecule has 20 heavy (non-hydrogen) atoms. The monoisotopic (exact) mass is 345 g/mol. The Morgan fingerprint density at radius 1 is 1.35 bits per heavy atom. The Morgan fingerprint density at radius 3 is 2.75 bits per heavy atom. The number of hydrogen-bond donors (Lipinski definition) is 2. The maximum atomic E-state index is 12.3. The van der Waals surface area contributed by atoms with Crippen LogP contribution in [0.3, 0.4) is 0 Å². The number of aromatic nitrogens is 2. The van der Waals surface area contributed by atoms with Crippen molar-refractivity contribution in [1.29, 1.82) is 0 Å². The summed E-state index contributed by atoms with van der Waals surface area (Å²) in [7, 11) is 0. The van der Waals surface area contributed by atoms with Crippen LogP contribution < -0.4 is 10.1 Å². The fourth-order valence-electron chi connectivity index (χ4n) is 1.78. The first-order valence-electron chi connectivity index (χ1n) is 5.99. The lowest BCUT2D eigenvalue weighted by atomic mass is 10.2. The molecule has 2 aromatic rings. The molecule has 1 aromatic heterocycles. The molecule has 108 valence electrons. The summed E-state index contributed by atoms with van der Waals surface area (Å²) in [6.45, 7) is 0.120. The van der Waals surface area contributed by atoms with Crippen molar-refractivity contribution in [3.8, 4) is 5.75 Å². The van der Waals surface area contributed by atoms with Crippen LogP contribution in [0.2, 0.25) is 0 Å². The van der Waals surface area contributed by atoms with E-state index in [0.717, 1.165) is 15.7 Å². The average molecular weight is 346 g/mol. The third-order valence-corrected chi connectivity index (χ3v) is 3.30. The molecule has 0 aliphatic rings. The summed E-state index contributed by atoms with van der Waals surface area (Å²) in [5.74, 6) is 0.180. The second-order valence-electron chi connectivity index (χ2n) is 4.25. The predicted molar refractivity (Wildman–Crippen MR) is 74.6 cm³/mol. The number of nitrogens with zero attached hydrogens (tertiary/aromatic N) is 1. The Bertz CT molecular complexity index is 574. The molecule has 0 saturated carbocycles. The van der Waals surface area contributed by atoms with Crippen molar-refractivity contribution in [1.82, 2.24) is 15.5 Å². The van der Waals surface area contributed by atoms with Gasteiger partial charge < -0.3 is 10.1 Å². The topological polar surface area (TPSA) is 49.9 Å². The van der Waals surface area contributed by atoms with E-state index in [1.807, 2.05) is 6.92 Å². The van der Waals surface area contributed by atoms with Gasteiger partial charge in [-0.05, 0) is 25.1 Å². The molecule has 2 N–H and O–H groups in total. The van der Waals surface area contributed by atoms with Crippen molar-refractivity contribution in [2.24, 2.45) is 0 Å². The number of H-pyrrole nitrogens is 1. The smallest absolute Gasteiger partial charge is 0.387 e. The summed E-state index contributed by atoms with van der Waals surface area (Å²) >= 11 is 3.32. The zero-order valence-corrected chi connectivity index (χ0v) is 12.4. The standard InChI is InChI=1S/C13H14BrF2N3O/c1-8-10(7-18-19-8)6-17-5-9-4-11(14)2-3-12(9)20-13(15)16/h2-4,7,13,17H,5-6H2,1H3,(H,18,19). The number of alkyl halides is 2. The van der Waals surface area contributed by atoms with E-state index < -0.39 is 6.61 Å². The van der Waals surface area contributed by atoms with E-state index in [0.29, 0.717) is 18.7 Å². The van der Waals surface area contributed by atoms with Crippen LogP contribution in [0, 0.1) is 6.92 Å². The van der Waals surface area contributed by atoms with Gasteiger partial charge in [0.15, 0.2) is 0 Å². The molecule has 0 bridgehead atoms. The number of aromatic amines is 1. The lowest BCUT2D eigenvalue weighted by Crippen LogP contribution is -2.14. The zero-order valence-electron chi connectivity index (χ0n) is 10.8. The quantitative estimate of drug-likeness (QED) is 0.843. The van der Waals surface area contributed by atoms with Crippen LogP contribution in [0.4, 0.5) is 8.78 Å². The number of ether oxygens (including phenoxy) is 1. The molecule has 7 heteroatoms. The first-order chi connectivity index (χ1) is 9.56. The highest BCUT2D eigenvalue weighted by Gasteiger charge is 2.10. The first kappa shape index (κ1) is 14.9. The lowest BCUT2D eigenvalue weighted by molar-refractivity contribution is -0.0505. The lowest BCUT2D eigenvalue weighted by Gasteiger charge is -2.12. The Kier molecular flexibility index (Phi) is 5.08. The number of aryl methyl sites for hydroxylation is 1. The van der Waals surface area contributed by atoms with E-state index in [-0.39, 0.29) is 5.75 Å². The second kappa shape index (κ2) is 6.81. The Morgan fingerprint density at radius 2 is 2.10 bits per heavy atom. The van der Waals surface area contributed by atoms with Crippen LogP contribution >= 0.6 is 15.9 Å². The largest absolute Gasteiger partial charge is 0.434 e. The van der Waals surface area contributed by atoms with Gasteiger partial charge in [-0.15, -0.1) is 0 Å². The fourth-order valence-corrected chi connectivity index (χ4v) is 2.19. The number of hydrogen-bond acceptors (Lipinski definition) is 3. The number of benzene rings is 1. The molecule has 0 radical (unpaired) electrons. The molecule has 0 aliphatic carbocycles. The van der Waals surface area contributed by atoms with E-state index in [2.05, 4.69) is 36.2 Å². The molecule has 0 fully saturated rings. The third-order valence-electron chi connectivity index (χ3n) is 2.80. The highest BCUT2D eigenvalue weighted by molar-refractivity contribution is 9.10. The minimum atomic E-state index is -2.83. The average Bonchev–Trinajstić information content (AvgIpc) is 2.78. The van der Waals surface area contributed by atoms with Gasteiger partial charge in [-0.3, -0.25) is 5.10 Å². The van der Waals surface area contributed by atoms with Gasteiger partial charge in [0.05, 0.1) is 6.20 Å². The molecule has 1 heterocycles. The van der Waals surface area contributed by atoms with Crippen molar-refractivity contribution in [2.45, 2.75) is 26.6 Å². The van der Waals surface area contributed by atoms with Crippen molar-refractivity contribution < 1.29 is 13.5 Å². The molecule has 2 rings (SSSR count). The van der Waals surface area contributed by atoms with Crippen molar-refractivity contribution >= 4 is 15.9 Å². The Hall–Kier alpha value is -1.47. The first-order valence-corrected chi connectivity index (χ1v) is 6.78. The molecule has 4 nitrogen and oxygen atoms in total. The maximum absolute atomic E-state index is 12.3. The summed E-state index contributed by atoms with van der Waals surface area (Å²) in [5, 5.41) is 9.94. The molecule has 0 saturated heterocycles. The Labute approximate surface area is 123 Å². The third kappa shape index (κ3) is 4.01. The molecular formula is C13H14BrF2N3O. The molecule has 0 unspecified atom stereocenters. The van der Waals surface area contributed by atoms with E-state index in [4.69, 9.17) is 0 Å². The Balaban J connectivity index is 2.01. The molecule has 0 spiro atoms. The van der Waals surface area contributed by atoms with Crippen LogP contribution in [0.25, 0.3) is 0 Å². The summed E-state index contributed by atoms with van der Waals surface area (Å²) in [6.07, 6.45) is 1.74. The molecule has 1 aromatic carbocycles. The van der Waals surface area contributed by atoms with Crippen molar-refractivity contribution in [3.05, 3.63) is 45.7 Å². The second-order valence-corrected chi connectivity index (χ2v) is 5.17. The normalized spacial score (nSPS) is 11.1. The van der Waals surface area contributed by atoms with Gasteiger partial charge in [0.2, 0.25) is 0 Å². The SMILES string of the molecule is Cc1[nH]ncc1CNCc1cc(Br)ccc1OC(F)F. The summed E-state index contributed by atoms with van der Waals surface area (Å²) in [6, 6.07) is 4.95. The van der Waals surface area contributed by atoms with Crippen LogP contribution in [-0.2, 0) is 13.1 Å². The van der Waals surface area contributed by atoms with Gasteiger partial charge in [-0.25, -0.2) is 0 Å². The number of halogens is 3. The number of nitrogens with one attached hydrogen (secondary N) is 2. The van der Waals surface area contributed by atoms with Gasteiger partial charge in [0.25, 0.3) is 0 Å². The predicted octanol–water partition coefficient (Wildman–Crippen LogP) is 3.37. The summed E-state index contributed by atoms with van der Waals surface area (Å²) in [5.41, 5.74) is 2.69. The van der Waals surface area contributed by atoms with Crippen LogP contribution in [-0.4, -0.2) is 16.8 Å². The minimum Gasteiger partial charge on any atom is -0.434 e. The van der Waals surface area contributed by atoms with E-state index >= 15 is 0 Å². The van der Waals surface area contributed by atoms with Gasteiger partial charge >= 0.3 is 6.61 Å². The zero-order chi connectivity index (χ0) is 14.5. The maximum Gasteiger partial charge on any atom is 0.387 e. The molecule has 0 aliphatic heterocycles. The van der Waals surface area contributed by atoms with Crippen molar-refractivity contribution in [2.75, 3.05) is 0 Å². The van der Waals surface area contributed by atoms with Crippen LogP contribution in [0.5, 0.6) is 5.75 Å². The van der Waals surface area contributed by atoms with E-state index in [1.54, 1.807) is 18.3 Å². The van der Waals surface area contributed by atoms with Crippen LogP contribution in [0.1, 0.15) is 16.8 Å². The summed E-state index contributed by atoms with van der Waals surface area (Å²) < 4.78 is 30.0. The highest BCUT2D eigenvalue weighted by atomic mass is 79.9. The van der Waals surface area contributed by atoms with Crippen molar-refractivity contribution in [3.63, 3.8) is 0 Å². The van der Waals surface area contributed by atoms with E-state index in [1.165, 1.54) is 6.07 Å². The van der Waals surface area contributed by atoms with E-state index in [9.17, 15) is 8.78 Å². The highest BCUT2D eigenvalue weighted by Crippen LogP contribution is 2.24. The molecule has 0 amide bonds. The van der Waals surface area contributed by atoms with Gasteiger partial charge in [-0.2, -0.15) is 13.9 Å².